The van der Waals surface area contributed by atoms with Crippen molar-refractivity contribution in [2.24, 2.45) is 5.10 Å². The lowest BCUT2D eigenvalue weighted by molar-refractivity contribution is -0.120. The maximum Gasteiger partial charge on any atom is 0.338 e. The van der Waals surface area contributed by atoms with E-state index in [9.17, 15) is 14.4 Å². The van der Waals surface area contributed by atoms with Crippen molar-refractivity contribution in [3.8, 4) is 11.3 Å². The molecule has 0 bridgehead atoms. The van der Waals surface area contributed by atoms with Gasteiger partial charge in [-0.15, -0.1) is 10.2 Å². The lowest BCUT2D eigenvalue weighted by Gasteiger charge is -2.03. The van der Waals surface area contributed by atoms with Crippen LogP contribution in [0.4, 0.5) is 5.13 Å². The van der Waals surface area contributed by atoms with Gasteiger partial charge in [0.2, 0.25) is 11.0 Å². The third-order valence-corrected chi connectivity index (χ3v) is 5.92. The average molecular weight is 518 g/mol. The number of nitrogens with one attached hydrogen (secondary N) is 2. The number of esters is 1. The summed E-state index contributed by atoms with van der Waals surface area (Å²) in [5, 5.41) is 15.2. The molecule has 0 unspecified atom stereocenters. The first-order valence-corrected chi connectivity index (χ1v) is 12.1. The van der Waals surface area contributed by atoms with Crippen LogP contribution in [-0.4, -0.2) is 40.8 Å². The Kier molecular flexibility index (Phi) is 8.16. The fourth-order valence-corrected chi connectivity index (χ4v) is 4.01. The number of amides is 2. The fourth-order valence-electron chi connectivity index (χ4n) is 3.27. The molecule has 37 heavy (non-hydrogen) atoms. The summed E-state index contributed by atoms with van der Waals surface area (Å²) in [4.78, 5) is 36.4. The fraction of sp³-hybridized carbons (Fsp3) is 0.154. The van der Waals surface area contributed by atoms with Gasteiger partial charge >= 0.3 is 5.97 Å². The number of hydrogen-bond donors (Lipinski definition) is 2. The lowest BCUT2D eigenvalue weighted by Crippen LogP contribution is -2.19. The van der Waals surface area contributed by atoms with E-state index in [1.807, 2.05) is 19.1 Å². The zero-order valence-corrected chi connectivity index (χ0v) is 20.9. The van der Waals surface area contributed by atoms with E-state index in [4.69, 9.17) is 9.15 Å². The summed E-state index contributed by atoms with van der Waals surface area (Å²) in [5.41, 5.74) is 5.03. The second kappa shape index (κ2) is 11.9. The zero-order chi connectivity index (χ0) is 26.2. The highest BCUT2D eigenvalue weighted by atomic mass is 32.1. The average Bonchev–Trinajstić information content (AvgIpc) is 3.54. The molecule has 0 radical (unpaired) electrons. The monoisotopic (exact) mass is 517 g/mol. The maximum atomic E-state index is 12.4. The number of benzene rings is 2. The Morgan fingerprint density at radius 1 is 1.05 bits per heavy atom. The van der Waals surface area contributed by atoms with Crippen LogP contribution < -0.4 is 10.7 Å². The van der Waals surface area contributed by atoms with Crippen LogP contribution in [0.5, 0.6) is 0 Å². The Balaban J connectivity index is 1.27. The first-order chi connectivity index (χ1) is 17.9. The minimum Gasteiger partial charge on any atom is -0.462 e. The molecule has 0 aliphatic rings. The van der Waals surface area contributed by atoms with Crippen LogP contribution >= 0.6 is 11.3 Å². The van der Waals surface area contributed by atoms with Crippen LogP contribution in [-0.2, 0) is 16.0 Å². The predicted octanol–water partition coefficient (Wildman–Crippen LogP) is 4.23. The number of anilines is 1. The topological polar surface area (TPSA) is 136 Å². The van der Waals surface area contributed by atoms with Crippen molar-refractivity contribution in [3.63, 3.8) is 0 Å². The van der Waals surface area contributed by atoms with Crippen molar-refractivity contribution in [1.82, 2.24) is 15.6 Å². The van der Waals surface area contributed by atoms with E-state index in [2.05, 4.69) is 26.0 Å². The molecule has 0 saturated carbocycles. The minimum atomic E-state index is -0.398. The molecule has 10 nitrogen and oxygen atoms in total. The minimum absolute atomic E-state index is 0.0501. The number of furan rings is 1. The number of hydrogen-bond acceptors (Lipinski definition) is 9. The summed E-state index contributed by atoms with van der Waals surface area (Å²) in [7, 11) is 0. The van der Waals surface area contributed by atoms with E-state index in [-0.39, 0.29) is 18.3 Å². The van der Waals surface area contributed by atoms with Gasteiger partial charge in [-0.3, -0.25) is 14.9 Å². The van der Waals surface area contributed by atoms with E-state index in [0.29, 0.717) is 39.4 Å². The molecule has 0 fully saturated rings. The third-order valence-electron chi connectivity index (χ3n) is 5.08. The van der Waals surface area contributed by atoms with Gasteiger partial charge in [-0.1, -0.05) is 41.7 Å². The lowest BCUT2D eigenvalue weighted by atomic mass is 10.1. The zero-order valence-electron chi connectivity index (χ0n) is 20.1. The highest BCUT2D eigenvalue weighted by Crippen LogP contribution is 2.22. The Hall–Kier alpha value is -4.64. The van der Waals surface area contributed by atoms with E-state index in [1.54, 1.807) is 55.5 Å². The van der Waals surface area contributed by atoms with Gasteiger partial charge in [-0.2, -0.15) is 5.10 Å². The molecule has 11 heteroatoms. The smallest absolute Gasteiger partial charge is 0.338 e. The molecule has 2 heterocycles. The molecular weight excluding hydrogens is 494 g/mol. The SMILES string of the molecule is CCOC(=O)c1ccc(-c2ccc(/C=N/NC(=O)Cc3nnc(NC(=O)c4ccccc4C)s3)o2)cc1. The first-order valence-electron chi connectivity index (χ1n) is 11.3. The predicted molar refractivity (Wildman–Crippen MR) is 139 cm³/mol. The van der Waals surface area contributed by atoms with Gasteiger partial charge in [-0.05, 0) is 49.7 Å². The number of rotatable bonds is 9. The maximum absolute atomic E-state index is 12.4. The van der Waals surface area contributed by atoms with Crippen molar-refractivity contribution < 1.29 is 23.5 Å². The molecule has 2 N–H and O–H groups in total. The normalized spacial score (nSPS) is 10.9. The summed E-state index contributed by atoms with van der Waals surface area (Å²) >= 11 is 1.11. The highest BCUT2D eigenvalue weighted by Gasteiger charge is 2.14. The van der Waals surface area contributed by atoms with Crippen LogP contribution in [0, 0.1) is 6.92 Å². The summed E-state index contributed by atoms with van der Waals surface area (Å²) in [6.07, 6.45) is 1.33. The van der Waals surface area contributed by atoms with Gasteiger partial charge in [0, 0.05) is 11.1 Å². The number of aromatic nitrogens is 2. The van der Waals surface area contributed by atoms with E-state index >= 15 is 0 Å². The second-order valence-electron chi connectivity index (χ2n) is 7.74. The molecule has 2 aromatic heterocycles. The van der Waals surface area contributed by atoms with Crippen LogP contribution in [0.3, 0.4) is 0 Å². The van der Waals surface area contributed by atoms with Gasteiger partial charge in [-0.25, -0.2) is 10.2 Å². The Bertz CT molecular complexity index is 1440. The van der Waals surface area contributed by atoms with Crippen LogP contribution in [0.15, 0.2) is 70.2 Å². The van der Waals surface area contributed by atoms with Crippen LogP contribution in [0.1, 0.15) is 44.0 Å². The van der Waals surface area contributed by atoms with Crippen molar-refractivity contribution in [1.29, 1.82) is 0 Å². The molecule has 4 aromatic rings. The van der Waals surface area contributed by atoms with Crippen LogP contribution in [0.25, 0.3) is 11.3 Å². The van der Waals surface area contributed by atoms with Crippen molar-refractivity contribution in [2.45, 2.75) is 20.3 Å². The number of nitrogens with zero attached hydrogens (tertiary/aromatic N) is 3. The first kappa shape index (κ1) is 25.5. The Labute approximate surface area is 216 Å². The number of carbonyl (C=O) groups is 3. The number of ether oxygens (including phenoxy) is 1. The quantitative estimate of drug-likeness (QED) is 0.193. The molecule has 2 aromatic carbocycles. The number of carbonyl (C=O) groups excluding carboxylic acids is 3. The summed E-state index contributed by atoms with van der Waals surface area (Å²) in [6, 6.07) is 17.5. The third kappa shape index (κ3) is 6.73. The Morgan fingerprint density at radius 3 is 2.59 bits per heavy atom. The molecule has 188 valence electrons. The van der Waals surface area contributed by atoms with E-state index < -0.39 is 5.91 Å². The van der Waals surface area contributed by atoms with Gasteiger partial charge in [0.25, 0.3) is 5.91 Å². The molecular formula is C26H23N5O5S. The van der Waals surface area contributed by atoms with Gasteiger partial charge in [0.05, 0.1) is 24.8 Å². The van der Waals surface area contributed by atoms with Crippen molar-refractivity contribution in [2.75, 3.05) is 11.9 Å². The molecule has 0 atom stereocenters. The van der Waals surface area contributed by atoms with Crippen molar-refractivity contribution >= 4 is 40.5 Å². The molecule has 0 spiro atoms. The van der Waals surface area contributed by atoms with Gasteiger partial charge in [0.1, 0.15) is 16.5 Å². The second-order valence-corrected chi connectivity index (χ2v) is 8.80. The van der Waals surface area contributed by atoms with E-state index in [0.717, 1.165) is 22.5 Å². The number of aryl methyl sites for hydroxylation is 1. The summed E-state index contributed by atoms with van der Waals surface area (Å²) < 4.78 is 10.7. The molecule has 0 saturated heterocycles. The molecule has 2 amide bonds. The van der Waals surface area contributed by atoms with Crippen molar-refractivity contribution in [3.05, 3.63) is 88.1 Å². The van der Waals surface area contributed by atoms with Gasteiger partial charge < -0.3 is 9.15 Å². The highest BCUT2D eigenvalue weighted by molar-refractivity contribution is 7.15. The van der Waals surface area contributed by atoms with Crippen LogP contribution in [0.2, 0.25) is 0 Å². The summed E-state index contributed by atoms with van der Waals surface area (Å²) in [5.74, 6) is -0.0545. The number of hydrazone groups is 1. The molecule has 4 rings (SSSR count). The molecule has 0 aliphatic carbocycles. The summed E-state index contributed by atoms with van der Waals surface area (Å²) in [6.45, 7) is 3.91. The largest absolute Gasteiger partial charge is 0.462 e. The van der Waals surface area contributed by atoms with Gasteiger partial charge in [0.15, 0.2) is 0 Å². The Morgan fingerprint density at radius 2 is 1.84 bits per heavy atom. The standard InChI is InChI=1S/C26H23N5O5S/c1-3-35-25(34)18-10-8-17(9-11-18)21-13-12-19(36-21)15-27-29-22(32)14-23-30-31-26(37-23)28-24(33)20-7-5-4-6-16(20)2/h4-13,15H,3,14H2,1-2H3,(H,29,32)(H,28,31,33)/b27-15+. The van der Waals surface area contributed by atoms with E-state index in [1.165, 1.54) is 6.21 Å². The molecule has 0 aliphatic heterocycles.